The first-order valence-corrected chi connectivity index (χ1v) is 7.40. The fourth-order valence-corrected chi connectivity index (χ4v) is 2.20. The van der Waals surface area contributed by atoms with Gasteiger partial charge in [0.05, 0.1) is 0 Å². The van der Waals surface area contributed by atoms with Gasteiger partial charge in [-0.3, -0.25) is 4.90 Å². The normalized spacial score (nSPS) is 18.3. The van der Waals surface area contributed by atoms with Gasteiger partial charge in [-0.25, -0.2) is 4.79 Å². The van der Waals surface area contributed by atoms with Gasteiger partial charge in [0, 0.05) is 25.7 Å². The van der Waals surface area contributed by atoms with E-state index < -0.39 is 30.5 Å². The third kappa shape index (κ3) is 5.64. The van der Waals surface area contributed by atoms with Gasteiger partial charge in [0.15, 0.2) is 6.10 Å². The molecule has 0 saturated carbocycles. The summed E-state index contributed by atoms with van der Waals surface area (Å²) in [6.45, 7) is 7.74. The fourth-order valence-electron chi connectivity index (χ4n) is 2.20. The molecule has 1 fully saturated rings. The molecule has 1 amide bonds. The number of carbonyl (C=O) groups excluding carboxylic acids is 1. The zero-order chi connectivity index (χ0) is 17.1. The van der Waals surface area contributed by atoms with Gasteiger partial charge in [0.2, 0.25) is 0 Å². The number of ether oxygens (including phenoxy) is 1. The first-order chi connectivity index (χ1) is 9.94. The van der Waals surface area contributed by atoms with Gasteiger partial charge in [0.25, 0.3) is 0 Å². The van der Waals surface area contributed by atoms with Gasteiger partial charge in [0.1, 0.15) is 5.60 Å². The average Bonchev–Trinajstić information content (AvgIpc) is 2.22. The second-order valence-electron chi connectivity index (χ2n) is 6.59. The zero-order valence-corrected chi connectivity index (χ0v) is 13.5. The summed E-state index contributed by atoms with van der Waals surface area (Å²) in [5, 5.41) is 9.21. The molecule has 0 aromatic heterocycles. The van der Waals surface area contributed by atoms with Crippen molar-refractivity contribution in [2.45, 2.75) is 58.0 Å². The van der Waals surface area contributed by atoms with Crippen LogP contribution in [0.5, 0.6) is 0 Å². The van der Waals surface area contributed by atoms with E-state index in [4.69, 9.17) is 4.74 Å². The van der Waals surface area contributed by atoms with E-state index in [2.05, 4.69) is 0 Å². The lowest BCUT2D eigenvalue weighted by molar-refractivity contribution is -0.211. The van der Waals surface area contributed by atoms with Crippen molar-refractivity contribution in [3.8, 4) is 0 Å². The molecule has 8 heteroatoms. The molecule has 0 spiro atoms. The van der Waals surface area contributed by atoms with E-state index in [1.54, 1.807) is 25.7 Å². The molecule has 22 heavy (non-hydrogen) atoms. The molecule has 1 N–H and O–H groups in total. The van der Waals surface area contributed by atoms with E-state index in [-0.39, 0.29) is 6.04 Å². The van der Waals surface area contributed by atoms with Crippen LogP contribution in [0.1, 0.15) is 34.1 Å². The number of likely N-dealkylation sites (tertiary alicyclic amines) is 1. The van der Waals surface area contributed by atoms with E-state index in [9.17, 15) is 23.1 Å². The first kappa shape index (κ1) is 19.0. The maximum absolute atomic E-state index is 12.5. The molecule has 0 aromatic rings. The van der Waals surface area contributed by atoms with Crippen LogP contribution in [0.4, 0.5) is 18.0 Å². The molecule has 1 unspecified atom stereocenters. The number of carbonyl (C=O) groups is 1. The van der Waals surface area contributed by atoms with E-state index in [0.717, 1.165) is 0 Å². The first-order valence-electron chi connectivity index (χ1n) is 7.40. The van der Waals surface area contributed by atoms with Gasteiger partial charge in [-0.15, -0.1) is 0 Å². The van der Waals surface area contributed by atoms with E-state index in [1.807, 2.05) is 6.92 Å². The van der Waals surface area contributed by atoms with Crippen LogP contribution in [0.2, 0.25) is 0 Å². The highest BCUT2D eigenvalue weighted by Crippen LogP contribution is 2.24. The minimum absolute atomic E-state index is 0.176. The Morgan fingerprint density at radius 3 is 2.32 bits per heavy atom. The molecule has 0 aromatic carbocycles. The van der Waals surface area contributed by atoms with Gasteiger partial charge in [-0.1, -0.05) is 6.92 Å². The number of alkyl halides is 3. The van der Waals surface area contributed by atoms with Gasteiger partial charge >= 0.3 is 12.3 Å². The monoisotopic (exact) mass is 326 g/mol. The van der Waals surface area contributed by atoms with Crippen LogP contribution in [0.15, 0.2) is 0 Å². The summed E-state index contributed by atoms with van der Waals surface area (Å²) in [5.41, 5.74) is -0.599. The smallest absolute Gasteiger partial charge is 0.415 e. The molecule has 130 valence electrons. The molecule has 1 aliphatic heterocycles. The Morgan fingerprint density at radius 2 is 1.91 bits per heavy atom. The van der Waals surface area contributed by atoms with Crippen LogP contribution in [-0.4, -0.2) is 71.1 Å². The summed E-state index contributed by atoms with van der Waals surface area (Å²) in [6.07, 6.45) is -6.78. The molecular weight excluding hydrogens is 301 g/mol. The Morgan fingerprint density at radius 1 is 1.36 bits per heavy atom. The maximum atomic E-state index is 12.5. The predicted molar refractivity (Wildman–Crippen MR) is 75.5 cm³/mol. The summed E-state index contributed by atoms with van der Waals surface area (Å²) < 4.78 is 42.6. The molecule has 0 aliphatic carbocycles. The number of aliphatic hydroxyl groups excluding tert-OH is 1. The second kappa shape index (κ2) is 7.04. The Balaban J connectivity index is 2.51. The SMILES string of the molecule is CCCN(CC(O)C(F)(F)F)C1CN(C(=O)OC(C)(C)C)C1. The van der Waals surface area contributed by atoms with Crippen LogP contribution in [0.25, 0.3) is 0 Å². The van der Waals surface area contributed by atoms with Gasteiger partial charge in [-0.05, 0) is 33.7 Å². The summed E-state index contributed by atoms with van der Waals surface area (Å²) in [4.78, 5) is 14.8. The quantitative estimate of drug-likeness (QED) is 0.842. The lowest BCUT2D eigenvalue weighted by Gasteiger charge is -2.45. The molecule has 0 radical (unpaired) electrons. The largest absolute Gasteiger partial charge is 0.444 e. The van der Waals surface area contributed by atoms with Crippen LogP contribution in [0.3, 0.4) is 0 Å². The number of aliphatic hydroxyl groups is 1. The van der Waals surface area contributed by atoms with Crippen molar-refractivity contribution in [3.63, 3.8) is 0 Å². The molecule has 1 heterocycles. The third-order valence-electron chi connectivity index (χ3n) is 3.33. The van der Waals surface area contributed by atoms with E-state index in [1.165, 1.54) is 4.90 Å². The van der Waals surface area contributed by atoms with Crippen molar-refractivity contribution in [3.05, 3.63) is 0 Å². The van der Waals surface area contributed by atoms with Gasteiger partial charge in [-0.2, -0.15) is 13.2 Å². The van der Waals surface area contributed by atoms with Crippen molar-refractivity contribution in [2.75, 3.05) is 26.2 Å². The van der Waals surface area contributed by atoms with Crippen LogP contribution in [0, 0.1) is 0 Å². The van der Waals surface area contributed by atoms with Crippen molar-refractivity contribution in [1.29, 1.82) is 0 Å². The van der Waals surface area contributed by atoms with Crippen molar-refractivity contribution in [1.82, 2.24) is 9.80 Å². The predicted octanol–water partition coefficient (Wildman–Crippen LogP) is 2.24. The lowest BCUT2D eigenvalue weighted by atomic mass is 10.1. The maximum Gasteiger partial charge on any atom is 0.415 e. The molecule has 1 atom stereocenters. The van der Waals surface area contributed by atoms with E-state index in [0.29, 0.717) is 26.1 Å². The zero-order valence-electron chi connectivity index (χ0n) is 13.5. The highest BCUT2D eigenvalue weighted by atomic mass is 19.4. The molecule has 1 rings (SSSR count). The number of rotatable bonds is 5. The van der Waals surface area contributed by atoms with Crippen LogP contribution < -0.4 is 0 Å². The molecule has 0 bridgehead atoms. The Bertz CT molecular complexity index is 377. The highest BCUT2D eigenvalue weighted by Gasteiger charge is 2.43. The second-order valence-corrected chi connectivity index (χ2v) is 6.59. The molecule has 1 saturated heterocycles. The minimum atomic E-state index is -4.62. The van der Waals surface area contributed by atoms with E-state index >= 15 is 0 Å². The Labute approximate surface area is 129 Å². The molecular formula is C14H25F3N2O3. The third-order valence-corrected chi connectivity index (χ3v) is 3.33. The molecule has 5 nitrogen and oxygen atoms in total. The number of hydrogen-bond acceptors (Lipinski definition) is 4. The summed E-state index contributed by atoms with van der Waals surface area (Å²) in [6, 6.07) is -0.176. The van der Waals surface area contributed by atoms with Crippen molar-refractivity contribution >= 4 is 6.09 Å². The lowest BCUT2D eigenvalue weighted by Crippen LogP contribution is -2.63. The summed E-state index contributed by atoms with van der Waals surface area (Å²) in [7, 11) is 0. The minimum Gasteiger partial charge on any atom is -0.444 e. The summed E-state index contributed by atoms with van der Waals surface area (Å²) >= 11 is 0. The van der Waals surface area contributed by atoms with Crippen molar-refractivity contribution < 1.29 is 27.8 Å². The van der Waals surface area contributed by atoms with Crippen LogP contribution in [-0.2, 0) is 4.74 Å². The number of nitrogens with zero attached hydrogens (tertiary/aromatic N) is 2. The summed E-state index contributed by atoms with van der Waals surface area (Å²) in [5.74, 6) is 0. The topological polar surface area (TPSA) is 53.0 Å². The highest BCUT2D eigenvalue weighted by molar-refractivity contribution is 5.69. The Hall–Kier alpha value is -1.02. The number of hydrogen-bond donors (Lipinski definition) is 1. The average molecular weight is 326 g/mol. The number of halogens is 3. The van der Waals surface area contributed by atoms with Crippen LogP contribution >= 0.6 is 0 Å². The van der Waals surface area contributed by atoms with Gasteiger partial charge < -0.3 is 14.7 Å². The molecule has 1 aliphatic rings. The number of amides is 1. The standard InChI is InChI=1S/C14H25F3N2O3/c1-5-6-18(9-11(20)14(15,16)17)10-7-19(8-10)12(21)22-13(2,3)4/h10-11,20H,5-9H2,1-4H3. The Kier molecular flexibility index (Phi) is 6.09. The van der Waals surface area contributed by atoms with Crippen molar-refractivity contribution in [2.24, 2.45) is 0 Å². The fraction of sp³-hybridized carbons (Fsp3) is 0.929.